The standard InChI is InChI=1S/C14H30N2O3/c1-4-5-9-19-10-7-15-6-8-16-11-13(17-2)14(12-16)18-3/h13-15H,4-12H2,1-3H3. The van der Waals surface area contributed by atoms with Gasteiger partial charge in [0.05, 0.1) is 18.8 Å². The number of nitrogens with zero attached hydrogens (tertiary/aromatic N) is 1. The van der Waals surface area contributed by atoms with Crippen LogP contribution in [0.3, 0.4) is 0 Å². The molecule has 1 aliphatic rings. The van der Waals surface area contributed by atoms with Crippen LogP contribution in [-0.2, 0) is 14.2 Å². The summed E-state index contributed by atoms with van der Waals surface area (Å²) in [7, 11) is 3.51. The van der Waals surface area contributed by atoms with E-state index in [1.807, 2.05) is 0 Å². The van der Waals surface area contributed by atoms with E-state index in [-0.39, 0.29) is 12.2 Å². The van der Waals surface area contributed by atoms with E-state index in [1.54, 1.807) is 14.2 Å². The lowest BCUT2D eigenvalue weighted by Gasteiger charge is -2.15. The van der Waals surface area contributed by atoms with Crippen molar-refractivity contribution in [3.8, 4) is 0 Å². The van der Waals surface area contributed by atoms with Crippen molar-refractivity contribution in [2.45, 2.75) is 32.0 Å². The first-order valence-electron chi connectivity index (χ1n) is 7.38. The van der Waals surface area contributed by atoms with Gasteiger partial charge in [-0.1, -0.05) is 13.3 Å². The van der Waals surface area contributed by atoms with E-state index in [1.165, 1.54) is 6.42 Å². The molecule has 19 heavy (non-hydrogen) atoms. The third-order valence-corrected chi connectivity index (χ3v) is 3.57. The highest BCUT2D eigenvalue weighted by atomic mass is 16.5. The number of ether oxygens (including phenoxy) is 3. The maximum Gasteiger partial charge on any atom is 0.0971 e. The van der Waals surface area contributed by atoms with Crippen LogP contribution in [0.5, 0.6) is 0 Å². The molecule has 1 N–H and O–H groups in total. The normalized spacial score (nSPS) is 24.2. The molecular weight excluding hydrogens is 244 g/mol. The van der Waals surface area contributed by atoms with Gasteiger partial charge in [-0.2, -0.15) is 0 Å². The summed E-state index contributed by atoms with van der Waals surface area (Å²) < 4.78 is 16.3. The predicted octanol–water partition coefficient (Wildman–Crippen LogP) is 0.738. The second kappa shape index (κ2) is 10.6. The molecule has 0 aromatic rings. The highest BCUT2D eigenvalue weighted by Gasteiger charge is 2.32. The number of unbranched alkanes of at least 4 members (excludes halogenated alkanes) is 1. The zero-order valence-electron chi connectivity index (χ0n) is 12.7. The van der Waals surface area contributed by atoms with E-state index < -0.39 is 0 Å². The van der Waals surface area contributed by atoms with Crippen molar-refractivity contribution < 1.29 is 14.2 Å². The van der Waals surface area contributed by atoms with E-state index >= 15 is 0 Å². The minimum Gasteiger partial charge on any atom is -0.380 e. The van der Waals surface area contributed by atoms with Crippen molar-refractivity contribution in [3.05, 3.63) is 0 Å². The number of hydrogen-bond acceptors (Lipinski definition) is 5. The summed E-state index contributed by atoms with van der Waals surface area (Å²) in [5.41, 5.74) is 0. The first-order valence-corrected chi connectivity index (χ1v) is 7.38. The Morgan fingerprint density at radius 2 is 1.74 bits per heavy atom. The molecule has 1 heterocycles. The van der Waals surface area contributed by atoms with Gasteiger partial charge in [0.15, 0.2) is 0 Å². The molecule has 1 fully saturated rings. The average Bonchev–Trinajstić information content (AvgIpc) is 2.84. The van der Waals surface area contributed by atoms with Crippen molar-refractivity contribution in [1.82, 2.24) is 10.2 Å². The van der Waals surface area contributed by atoms with Crippen LogP contribution in [-0.4, -0.2) is 77.3 Å². The maximum absolute atomic E-state index is 5.50. The Bertz CT molecular complexity index is 205. The summed E-state index contributed by atoms with van der Waals surface area (Å²) in [4.78, 5) is 2.38. The molecule has 1 aliphatic heterocycles. The van der Waals surface area contributed by atoms with Gasteiger partial charge in [0, 0.05) is 53.6 Å². The highest BCUT2D eigenvalue weighted by molar-refractivity contribution is 4.85. The summed E-state index contributed by atoms with van der Waals surface area (Å²) in [5, 5.41) is 3.41. The van der Waals surface area contributed by atoms with Crippen LogP contribution in [0.4, 0.5) is 0 Å². The Morgan fingerprint density at radius 3 is 2.32 bits per heavy atom. The smallest absolute Gasteiger partial charge is 0.0971 e. The zero-order chi connectivity index (χ0) is 13.9. The molecule has 0 spiro atoms. The van der Waals surface area contributed by atoms with Gasteiger partial charge in [-0.05, 0) is 6.42 Å². The van der Waals surface area contributed by atoms with Gasteiger partial charge in [0.1, 0.15) is 0 Å². The van der Waals surface area contributed by atoms with E-state index in [9.17, 15) is 0 Å². The second-order valence-corrected chi connectivity index (χ2v) is 5.02. The van der Waals surface area contributed by atoms with Crippen LogP contribution in [0.15, 0.2) is 0 Å². The van der Waals surface area contributed by atoms with Gasteiger partial charge in [0.25, 0.3) is 0 Å². The van der Waals surface area contributed by atoms with Crippen LogP contribution in [0, 0.1) is 0 Å². The Morgan fingerprint density at radius 1 is 1.05 bits per heavy atom. The Kier molecular flexibility index (Phi) is 9.38. The fourth-order valence-electron chi connectivity index (χ4n) is 2.31. The molecule has 5 nitrogen and oxygen atoms in total. The lowest BCUT2D eigenvalue weighted by atomic mass is 10.3. The molecule has 0 aromatic heterocycles. The third-order valence-electron chi connectivity index (χ3n) is 3.57. The first-order chi connectivity index (χ1) is 9.31. The molecule has 0 aliphatic carbocycles. The van der Waals surface area contributed by atoms with Crippen molar-refractivity contribution in [1.29, 1.82) is 0 Å². The summed E-state index contributed by atoms with van der Waals surface area (Å²) in [6.07, 6.45) is 2.78. The Labute approximate surface area is 117 Å². The monoisotopic (exact) mass is 274 g/mol. The molecule has 0 bridgehead atoms. The molecule has 2 atom stereocenters. The molecule has 0 amide bonds. The largest absolute Gasteiger partial charge is 0.380 e. The number of likely N-dealkylation sites (tertiary alicyclic amines) is 1. The minimum absolute atomic E-state index is 0.211. The molecular formula is C14H30N2O3. The Hall–Kier alpha value is -0.200. The van der Waals surface area contributed by atoms with Gasteiger partial charge in [0.2, 0.25) is 0 Å². The van der Waals surface area contributed by atoms with Crippen molar-refractivity contribution in [2.24, 2.45) is 0 Å². The van der Waals surface area contributed by atoms with Gasteiger partial charge in [-0.25, -0.2) is 0 Å². The quantitative estimate of drug-likeness (QED) is 0.563. The molecule has 0 radical (unpaired) electrons. The van der Waals surface area contributed by atoms with Crippen molar-refractivity contribution in [3.63, 3.8) is 0 Å². The molecule has 114 valence electrons. The summed E-state index contributed by atoms with van der Waals surface area (Å²) in [6, 6.07) is 0. The van der Waals surface area contributed by atoms with Gasteiger partial charge in [-0.15, -0.1) is 0 Å². The second-order valence-electron chi connectivity index (χ2n) is 5.02. The van der Waals surface area contributed by atoms with Crippen LogP contribution in [0.25, 0.3) is 0 Å². The number of hydrogen-bond donors (Lipinski definition) is 1. The first kappa shape index (κ1) is 16.9. The van der Waals surface area contributed by atoms with E-state index in [2.05, 4.69) is 17.1 Å². The van der Waals surface area contributed by atoms with Crippen LogP contribution in [0.2, 0.25) is 0 Å². The Balaban J connectivity index is 1.95. The number of rotatable bonds is 11. The van der Waals surface area contributed by atoms with Crippen LogP contribution < -0.4 is 5.32 Å². The predicted molar refractivity (Wildman–Crippen MR) is 76.6 cm³/mol. The topological polar surface area (TPSA) is 43.0 Å². The van der Waals surface area contributed by atoms with Crippen molar-refractivity contribution >= 4 is 0 Å². The van der Waals surface area contributed by atoms with E-state index in [0.717, 1.165) is 52.4 Å². The highest BCUT2D eigenvalue weighted by Crippen LogP contribution is 2.14. The molecule has 5 heteroatoms. The lowest BCUT2D eigenvalue weighted by Crippen LogP contribution is -2.33. The van der Waals surface area contributed by atoms with Crippen LogP contribution >= 0.6 is 0 Å². The summed E-state index contributed by atoms with van der Waals surface area (Å²) in [6.45, 7) is 8.75. The van der Waals surface area contributed by atoms with Crippen LogP contribution in [0.1, 0.15) is 19.8 Å². The van der Waals surface area contributed by atoms with Crippen molar-refractivity contribution in [2.75, 3.05) is 60.2 Å². The van der Waals surface area contributed by atoms with Gasteiger partial charge < -0.3 is 19.5 Å². The van der Waals surface area contributed by atoms with Gasteiger partial charge in [-0.3, -0.25) is 4.90 Å². The molecule has 2 unspecified atom stereocenters. The summed E-state index contributed by atoms with van der Waals surface area (Å²) >= 11 is 0. The number of methoxy groups -OCH3 is 2. The van der Waals surface area contributed by atoms with E-state index in [4.69, 9.17) is 14.2 Å². The zero-order valence-corrected chi connectivity index (χ0v) is 12.7. The lowest BCUT2D eigenvalue weighted by molar-refractivity contribution is -0.00461. The minimum atomic E-state index is 0.211. The molecule has 0 aromatic carbocycles. The maximum atomic E-state index is 5.50. The average molecular weight is 274 g/mol. The van der Waals surface area contributed by atoms with E-state index in [0.29, 0.717) is 0 Å². The van der Waals surface area contributed by atoms with Gasteiger partial charge >= 0.3 is 0 Å². The fourth-order valence-corrected chi connectivity index (χ4v) is 2.31. The number of nitrogens with one attached hydrogen (secondary N) is 1. The summed E-state index contributed by atoms with van der Waals surface area (Å²) in [5.74, 6) is 0. The third kappa shape index (κ3) is 6.68. The fraction of sp³-hybridized carbons (Fsp3) is 1.00. The molecule has 1 saturated heterocycles. The SMILES string of the molecule is CCCCOCCNCCN1CC(OC)C(OC)C1. The molecule has 1 rings (SSSR count). The molecule has 0 saturated carbocycles.